The lowest BCUT2D eigenvalue weighted by atomic mass is 9.66. The number of carbonyl (C=O) groups excluding carboxylic acids is 2. The largest absolute Gasteiger partial charge is 0.327 e. The van der Waals surface area contributed by atoms with Crippen molar-refractivity contribution in [3.05, 3.63) is 63.6 Å². The SMILES string of the molecule is Cc1cccc(C)c1NC(=O)C1(N(C)C(=O)c2ccccc2Br)CCC(C(C)(C)C)CC1. The maximum Gasteiger partial charge on any atom is 0.255 e. The highest BCUT2D eigenvalue weighted by atomic mass is 79.9. The summed E-state index contributed by atoms with van der Waals surface area (Å²) in [5, 5.41) is 3.20. The van der Waals surface area contributed by atoms with E-state index in [9.17, 15) is 9.59 Å². The molecule has 0 unspecified atom stereocenters. The molecule has 4 nitrogen and oxygen atoms in total. The summed E-state index contributed by atoms with van der Waals surface area (Å²) in [6, 6.07) is 13.4. The van der Waals surface area contributed by atoms with Crippen LogP contribution in [0.2, 0.25) is 0 Å². The Bertz CT molecular complexity index is 981. The minimum atomic E-state index is -0.886. The normalized spacial score (nSPS) is 21.2. The van der Waals surface area contributed by atoms with Crippen molar-refractivity contribution in [1.29, 1.82) is 0 Å². The van der Waals surface area contributed by atoms with Crippen LogP contribution in [0.15, 0.2) is 46.9 Å². The van der Waals surface area contributed by atoms with E-state index in [1.165, 1.54) is 0 Å². The summed E-state index contributed by atoms with van der Waals surface area (Å²) >= 11 is 3.50. The standard InChI is InChI=1S/C27H35BrN2O2/c1-18-10-9-11-19(2)23(18)29-25(32)27(16-14-20(15-17-27)26(3,4)5)30(6)24(31)21-12-7-8-13-22(21)28/h7-13,20H,14-17H2,1-6H3,(H,29,32). The lowest BCUT2D eigenvalue weighted by Gasteiger charge is -2.47. The van der Waals surface area contributed by atoms with Crippen molar-refractivity contribution in [3.63, 3.8) is 0 Å². The predicted molar refractivity (Wildman–Crippen MR) is 135 cm³/mol. The number of nitrogens with zero attached hydrogens (tertiary/aromatic N) is 1. The van der Waals surface area contributed by atoms with Gasteiger partial charge in [-0.05, 0) is 90.1 Å². The molecule has 1 aliphatic carbocycles. The van der Waals surface area contributed by atoms with Gasteiger partial charge in [0.25, 0.3) is 5.91 Å². The molecule has 0 atom stereocenters. The summed E-state index contributed by atoms with van der Waals surface area (Å²) in [6.07, 6.45) is 3.13. The van der Waals surface area contributed by atoms with Crippen molar-refractivity contribution >= 4 is 33.4 Å². The Morgan fingerprint density at radius 3 is 2.09 bits per heavy atom. The van der Waals surface area contributed by atoms with Crippen LogP contribution in [0.3, 0.4) is 0 Å². The van der Waals surface area contributed by atoms with E-state index < -0.39 is 5.54 Å². The van der Waals surface area contributed by atoms with E-state index in [1.807, 2.05) is 50.2 Å². The molecule has 0 bridgehead atoms. The summed E-state index contributed by atoms with van der Waals surface area (Å²) in [7, 11) is 1.78. The number of likely N-dealkylation sites (N-methyl/N-ethyl adjacent to an activating group) is 1. The van der Waals surface area contributed by atoms with E-state index in [-0.39, 0.29) is 17.2 Å². The lowest BCUT2D eigenvalue weighted by Crippen LogP contribution is -2.59. The first-order chi connectivity index (χ1) is 15.0. The molecule has 2 amide bonds. The van der Waals surface area contributed by atoms with Gasteiger partial charge >= 0.3 is 0 Å². The van der Waals surface area contributed by atoms with Gasteiger partial charge in [-0.3, -0.25) is 9.59 Å². The average Bonchev–Trinajstić information content (AvgIpc) is 2.75. The summed E-state index contributed by atoms with van der Waals surface area (Å²) in [5.41, 5.74) is 2.76. The fourth-order valence-electron chi connectivity index (χ4n) is 4.93. The number of anilines is 1. The van der Waals surface area contributed by atoms with Crippen LogP contribution in [0.4, 0.5) is 5.69 Å². The Morgan fingerprint density at radius 1 is 1.00 bits per heavy atom. The van der Waals surface area contributed by atoms with Gasteiger partial charge in [0.2, 0.25) is 5.91 Å². The van der Waals surface area contributed by atoms with Gasteiger partial charge in [-0.15, -0.1) is 0 Å². The first kappa shape index (κ1) is 24.5. The number of amides is 2. The second kappa shape index (κ2) is 9.38. The van der Waals surface area contributed by atoms with E-state index in [4.69, 9.17) is 0 Å². The number of hydrogen-bond acceptors (Lipinski definition) is 2. The smallest absolute Gasteiger partial charge is 0.255 e. The van der Waals surface area contributed by atoms with E-state index in [0.717, 1.165) is 34.1 Å². The van der Waals surface area contributed by atoms with E-state index >= 15 is 0 Å². The third kappa shape index (κ3) is 4.78. The zero-order valence-electron chi connectivity index (χ0n) is 20.1. The number of halogens is 1. The fourth-order valence-corrected chi connectivity index (χ4v) is 5.38. The fraction of sp³-hybridized carbons (Fsp3) is 0.481. The molecule has 2 aromatic carbocycles. The molecule has 0 heterocycles. The van der Waals surface area contributed by atoms with Crippen LogP contribution in [0.25, 0.3) is 0 Å². The van der Waals surface area contributed by atoms with Crippen molar-refractivity contribution in [3.8, 4) is 0 Å². The van der Waals surface area contributed by atoms with Gasteiger partial charge in [0.15, 0.2) is 0 Å². The number of hydrogen-bond donors (Lipinski definition) is 1. The number of aryl methyl sites for hydroxylation is 2. The van der Waals surface area contributed by atoms with E-state index in [0.29, 0.717) is 24.3 Å². The van der Waals surface area contributed by atoms with Crippen LogP contribution in [0, 0.1) is 25.2 Å². The topological polar surface area (TPSA) is 49.4 Å². The number of benzene rings is 2. The first-order valence-electron chi connectivity index (χ1n) is 11.4. The lowest BCUT2D eigenvalue weighted by molar-refractivity contribution is -0.129. The minimum absolute atomic E-state index is 0.0924. The molecular weight excluding hydrogens is 464 g/mol. The molecule has 0 aromatic heterocycles. The molecular formula is C27H35BrN2O2. The molecule has 3 rings (SSSR count). The Hall–Kier alpha value is -2.14. The molecule has 0 spiro atoms. The summed E-state index contributed by atoms with van der Waals surface area (Å²) in [4.78, 5) is 29.1. The number of carbonyl (C=O) groups is 2. The van der Waals surface area contributed by atoms with Crippen LogP contribution in [0.5, 0.6) is 0 Å². The van der Waals surface area contributed by atoms with Gasteiger partial charge in [0.1, 0.15) is 5.54 Å². The molecule has 0 radical (unpaired) electrons. The molecule has 1 fully saturated rings. The Morgan fingerprint density at radius 2 is 1.56 bits per heavy atom. The molecule has 0 saturated heterocycles. The van der Waals surface area contributed by atoms with Crippen LogP contribution in [0.1, 0.15) is 67.9 Å². The average molecular weight is 499 g/mol. The van der Waals surface area contributed by atoms with Gasteiger partial charge in [0.05, 0.1) is 5.56 Å². The molecule has 5 heteroatoms. The first-order valence-corrected chi connectivity index (χ1v) is 12.2. The zero-order valence-corrected chi connectivity index (χ0v) is 21.7. The van der Waals surface area contributed by atoms with Crippen LogP contribution in [-0.2, 0) is 4.79 Å². The number of para-hydroxylation sites is 1. The number of rotatable bonds is 4. The van der Waals surface area contributed by atoms with Gasteiger partial charge in [-0.25, -0.2) is 0 Å². The number of nitrogens with one attached hydrogen (secondary N) is 1. The highest BCUT2D eigenvalue weighted by Crippen LogP contribution is 2.44. The monoisotopic (exact) mass is 498 g/mol. The second-order valence-electron chi connectivity index (χ2n) is 10.2. The molecule has 32 heavy (non-hydrogen) atoms. The molecule has 1 aliphatic rings. The van der Waals surface area contributed by atoms with Crippen molar-refractivity contribution in [2.45, 2.75) is 65.8 Å². The Kier molecular flexibility index (Phi) is 7.18. The Labute approximate surface area is 200 Å². The molecule has 1 N–H and O–H groups in total. The van der Waals surface area contributed by atoms with Crippen molar-refractivity contribution < 1.29 is 9.59 Å². The van der Waals surface area contributed by atoms with Crippen LogP contribution in [-0.4, -0.2) is 29.3 Å². The summed E-state index contributed by atoms with van der Waals surface area (Å²) < 4.78 is 0.741. The minimum Gasteiger partial charge on any atom is -0.327 e. The Balaban J connectivity index is 1.97. The zero-order chi connectivity index (χ0) is 23.7. The highest BCUT2D eigenvalue weighted by molar-refractivity contribution is 9.10. The van der Waals surface area contributed by atoms with Crippen LogP contribution >= 0.6 is 15.9 Å². The van der Waals surface area contributed by atoms with Gasteiger partial charge in [-0.2, -0.15) is 0 Å². The van der Waals surface area contributed by atoms with E-state index in [1.54, 1.807) is 18.0 Å². The van der Waals surface area contributed by atoms with Gasteiger partial charge < -0.3 is 10.2 Å². The van der Waals surface area contributed by atoms with Crippen molar-refractivity contribution in [2.75, 3.05) is 12.4 Å². The molecule has 1 saturated carbocycles. The quantitative estimate of drug-likeness (QED) is 0.506. The van der Waals surface area contributed by atoms with Crippen molar-refractivity contribution in [1.82, 2.24) is 4.90 Å². The predicted octanol–water partition coefficient (Wildman–Crippen LogP) is 6.75. The van der Waals surface area contributed by atoms with E-state index in [2.05, 4.69) is 42.0 Å². The van der Waals surface area contributed by atoms with Crippen molar-refractivity contribution in [2.24, 2.45) is 11.3 Å². The molecule has 2 aromatic rings. The third-order valence-electron chi connectivity index (χ3n) is 7.23. The molecule has 0 aliphatic heterocycles. The maximum absolute atomic E-state index is 13.9. The summed E-state index contributed by atoms with van der Waals surface area (Å²) in [5.74, 6) is 0.295. The maximum atomic E-state index is 13.9. The van der Waals surface area contributed by atoms with Gasteiger partial charge in [-0.1, -0.05) is 51.1 Å². The highest BCUT2D eigenvalue weighted by Gasteiger charge is 2.49. The summed E-state index contributed by atoms with van der Waals surface area (Å²) in [6.45, 7) is 10.8. The third-order valence-corrected chi connectivity index (χ3v) is 7.92. The molecule has 172 valence electrons. The van der Waals surface area contributed by atoms with Crippen LogP contribution < -0.4 is 5.32 Å². The van der Waals surface area contributed by atoms with Gasteiger partial charge in [0, 0.05) is 17.2 Å². The second-order valence-corrected chi connectivity index (χ2v) is 11.1.